The number of nitrogens with zero attached hydrogens (tertiary/aromatic N) is 1. The highest BCUT2D eigenvalue weighted by Gasteiger charge is 2.25. The van der Waals surface area contributed by atoms with Gasteiger partial charge >= 0.3 is 0 Å². The molecule has 1 aliphatic rings. The fourth-order valence-electron chi connectivity index (χ4n) is 3.15. The highest BCUT2D eigenvalue weighted by molar-refractivity contribution is 5.33. The summed E-state index contributed by atoms with van der Waals surface area (Å²) in [6.07, 6.45) is 4.86. The lowest BCUT2D eigenvalue weighted by Gasteiger charge is -2.37. The van der Waals surface area contributed by atoms with Gasteiger partial charge in [-0.2, -0.15) is 5.06 Å². The van der Waals surface area contributed by atoms with Crippen molar-refractivity contribution in [3.05, 3.63) is 34.9 Å². The van der Waals surface area contributed by atoms with Crippen molar-refractivity contribution < 1.29 is 4.84 Å². The Kier molecular flexibility index (Phi) is 5.00. The minimum Gasteiger partial charge on any atom is -0.298 e. The number of benzene rings is 1. The lowest BCUT2D eigenvalue weighted by Crippen LogP contribution is -2.43. The van der Waals surface area contributed by atoms with Crippen molar-refractivity contribution in [1.29, 1.82) is 0 Å². The summed E-state index contributed by atoms with van der Waals surface area (Å²) in [7, 11) is 0. The highest BCUT2D eigenvalue weighted by Crippen LogP contribution is 2.23. The molecule has 1 heterocycles. The molecule has 0 spiro atoms. The van der Waals surface area contributed by atoms with E-state index in [9.17, 15) is 0 Å². The normalized spacial score (nSPS) is 24.6. The first-order valence-corrected chi connectivity index (χ1v) is 7.56. The molecular weight excluding hydrogens is 234 g/mol. The fraction of sp³-hybridized carbons (Fsp3) is 0.647. The van der Waals surface area contributed by atoms with E-state index < -0.39 is 0 Å². The molecule has 0 bridgehead atoms. The Morgan fingerprint density at radius 2 is 1.68 bits per heavy atom. The second-order valence-electron chi connectivity index (χ2n) is 5.94. The Bertz CT molecular complexity index is 385. The van der Waals surface area contributed by atoms with Crippen LogP contribution in [0.2, 0.25) is 0 Å². The fourth-order valence-corrected chi connectivity index (χ4v) is 3.15. The third-order valence-corrected chi connectivity index (χ3v) is 4.35. The van der Waals surface area contributed by atoms with E-state index in [1.807, 2.05) is 0 Å². The van der Waals surface area contributed by atoms with Crippen LogP contribution in [-0.2, 0) is 11.3 Å². The van der Waals surface area contributed by atoms with Crippen LogP contribution in [-0.4, -0.2) is 23.8 Å². The van der Waals surface area contributed by atoms with Crippen LogP contribution in [0.1, 0.15) is 49.8 Å². The van der Waals surface area contributed by atoms with E-state index in [1.54, 1.807) is 0 Å². The van der Waals surface area contributed by atoms with Gasteiger partial charge in [-0.1, -0.05) is 24.6 Å². The predicted octanol–water partition coefficient (Wildman–Crippen LogP) is 4.04. The van der Waals surface area contributed by atoms with Crippen LogP contribution in [0.4, 0.5) is 0 Å². The SMILES string of the molecule is Cc1cccc(C)c1CCON1C(C)CCCC1C. The molecular formula is C17H27NO. The summed E-state index contributed by atoms with van der Waals surface area (Å²) in [6.45, 7) is 9.71. The maximum absolute atomic E-state index is 6.05. The summed E-state index contributed by atoms with van der Waals surface area (Å²) in [5, 5.41) is 2.22. The molecule has 1 saturated heterocycles. The minimum absolute atomic E-state index is 0.557. The molecule has 2 atom stereocenters. The van der Waals surface area contributed by atoms with E-state index in [0.717, 1.165) is 13.0 Å². The van der Waals surface area contributed by atoms with Crippen molar-refractivity contribution in [2.75, 3.05) is 6.61 Å². The largest absolute Gasteiger partial charge is 0.298 e. The van der Waals surface area contributed by atoms with Gasteiger partial charge in [0.2, 0.25) is 0 Å². The van der Waals surface area contributed by atoms with Crippen molar-refractivity contribution in [3.63, 3.8) is 0 Å². The number of aryl methyl sites for hydroxylation is 2. The van der Waals surface area contributed by atoms with E-state index in [2.05, 4.69) is 51.0 Å². The second-order valence-corrected chi connectivity index (χ2v) is 5.94. The first kappa shape index (κ1) is 14.5. The van der Waals surface area contributed by atoms with Gasteiger partial charge in [0.15, 0.2) is 0 Å². The van der Waals surface area contributed by atoms with Crippen LogP contribution in [0.25, 0.3) is 0 Å². The molecule has 1 aromatic carbocycles. The first-order chi connectivity index (χ1) is 9.09. The third kappa shape index (κ3) is 3.58. The molecule has 2 rings (SSSR count). The summed E-state index contributed by atoms with van der Waals surface area (Å²) in [4.78, 5) is 6.05. The van der Waals surface area contributed by atoms with Gasteiger partial charge < -0.3 is 0 Å². The standard InChI is InChI=1S/C17H27NO/c1-13-7-5-8-14(2)17(13)11-12-19-18-15(3)9-6-10-16(18)4/h5,7-8,15-16H,6,9-12H2,1-4H3. The molecule has 1 fully saturated rings. The summed E-state index contributed by atoms with van der Waals surface area (Å²) in [5.74, 6) is 0. The summed E-state index contributed by atoms with van der Waals surface area (Å²) in [6, 6.07) is 7.62. The van der Waals surface area contributed by atoms with Crippen LogP contribution in [0, 0.1) is 13.8 Å². The van der Waals surface area contributed by atoms with E-state index in [0.29, 0.717) is 12.1 Å². The van der Waals surface area contributed by atoms with Crippen molar-refractivity contribution in [2.45, 2.75) is 65.5 Å². The lowest BCUT2D eigenvalue weighted by molar-refractivity contribution is -0.218. The second kappa shape index (κ2) is 6.53. The maximum Gasteiger partial charge on any atom is 0.0725 e. The molecule has 1 aliphatic heterocycles. The maximum atomic E-state index is 6.05. The van der Waals surface area contributed by atoms with Gasteiger partial charge in [-0.25, -0.2) is 0 Å². The summed E-state index contributed by atoms with van der Waals surface area (Å²) >= 11 is 0. The molecule has 0 saturated carbocycles. The van der Waals surface area contributed by atoms with E-state index in [1.165, 1.54) is 36.0 Å². The van der Waals surface area contributed by atoms with Crippen LogP contribution in [0.5, 0.6) is 0 Å². The molecule has 0 aliphatic carbocycles. The van der Waals surface area contributed by atoms with Gasteiger partial charge in [-0.15, -0.1) is 0 Å². The lowest BCUT2D eigenvalue weighted by atomic mass is 10.00. The zero-order chi connectivity index (χ0) is 13.8. The van der Waals surface area contributed by atoms with Gasteiger partial charge in [0, 0.05) is 12.1 Å². The van der Waals surface area contributed by atoms with Gasteiger partial charge in [0.25, 0.3) is 0 Å². The molecule has 0 amide bonds. The van der Waals surface area contributed by atoms with Gasteiger partial charge in [-0.3, -0.25) is 4.84 Å². The Labute approximate surface area is 117 Å². The van der Waals surface area contributed by atoms with Gasteiger partial charge in [-0.05, 0) is 63.6 Å². The van der Waals surface area contributed by atoms with Gasteiger partial charge in [0.1, 0.15) is 0 Å². The van der Waals surface area contributed by atoms with Crippen LogP contribution in [0.15, 0.2) is 18.2 Å². The number of hydrogen-bond acceptors (Lipinski definition) is 2. The number of hydroxylamine groups is 2. The summed E-state index contributed by atoms with van der Waals surface area (Å²) in [5.41, 5.74) is 4.20. The van der Waals surface area contributed by atoms with Crippen molar-refractivity contribution in [1.82, 2.24) is 5.06 Å². The van der Waals surface area contributed by atoms with Crippen LogP contribution in [0.3, 0.4) is 0 Å². The molecule has 1 aromatic rings. The monoisotopic (exact) mass is 261 g/mol. The van der Waals surface area contributed by atoms with Gasteiger partial charge in [0.05, 0.1) is 6.61 Å². The van der Waals surface area contributed by atoms with Crippen molar-refractivity contribution >= 4 is 0 Å². The Balaban J connectivity index is 1.89. The molecule has 2 heteroatoms. The average molecular weight is 261 g/mol. The number of hydrogen-bond donors (Lipinski definition) is 0. The molecule has 0 aromatic heterocycles. The van der Waals surface area contributed by atoms with Crippen LogP contribution < -0.4 is 0 Å². The third-order valence-electron chi connectivity index (χ3n) is 4.35. The molecule has 2 unspecified atom stereocenters. The zero-order valence-electron chi connectivity index (χ0n) is 12.8. The molecule has 0 radical (unpaired) electrons. The Morgan fingerprint density at radius 1 is 1.11 bits per heavy atom. The van der Waals surface area contributed by atoms with Crippen molar-refractivity contribution in [2.24, 2.45) is 0 Å². The molecule has 19 heavy (non-hydrogen) atoms. The summed E-state index contributed by atoms with van der Waals surface area (Å²) < 4.78 is 0. The van der Waals surface area contributed by atoms with E-state index >= 15 is 0 Å². The molecule has 0 N–H and O–H groups in total. The molecule has 2 nitrogen and oxygen atoms in total. The highest BCUT2D eigenvalue weighted by atomic mass is 16.7. The average Bonchev–Trinajstić information content (AvgIpc) is 2.36. The Morgan fingerprint density at radius 3 is 2.26 bits per heavy atom. The number of rotatable bonds is 4. The van der Waals surface area contributed by atoms with Crippen molar-refractivity contribution in [3.8, 4) is 0 Å². The smallest absolute Gasteiger partial charge is 0.0725 e. The van der Waals surface area contributed by atoms with E-state index in [-0.39, 0.29) is 0 Å². The zero-order valence-corrected chi connectivity index (χ0v) is 12.8. The molecule has 106 valence electrons. The topological polar surface area (TPSA) is 12.5 Å². The predicted molar refractivity (Wildman–Crippen MR) is 80.2 cm³/mol. The van der Waals surface area contributed by atoms with E-state index in [4.69, 9.17) is 4.84 Å². The first-order valence-electron chi connectivity index (χ1n) is 7.56. The quantitative estimate of drug-likeness (QED) is 0.811. The van der Waals surface area contributed by atoms with Crippen LogP contribution >= 0.6 is 0 Å². The Hall–Kier alpha value is -0.860. The number of piperidine rings is 1. The minimum atomic E-state index is 0.557.